The summed E-state index contributed by atoms with van der Waals surface area (Å²) in [6.07, 6.45) is -1.01. The Labute approximate surface area is 108 Å². The normalized spacial score (nSPS) is 12.3. The van der Waals surface area contributed by atoms with Crippen molar-refractivity contribution in [1.29, 1.82) is 0 Å². The van der Waals surface area contributed by atoms with Gasteiger partial charge in [-0.3, -0.25) is 4.57 Å². The summed E-state index contributed by atoms with van der Waals surface area (Å²) in [7, 11) is 1.19. The van der Waals surface area contributed by atoms with Gasteiger partial charge in [0.25, 0.3) is 0 Å². The first-order valence-electron chi connectivity index (χ1n) is 5.62. The van der Waals surface area contributed by atoms with Crippen LogP contribution in [0.1, 0.15) is 5.56 Å². The highest BCUT2D eigenvalue weighted by Crippen LogP contribution is 2.22. The summed E-state index contributed by atoms with van der Waals surface area (Å²) >= 11 is 0. The van der Waals surface area contributed by atoms with Crippen LogP contribution in [0, 0.1) is 0 Å². The number of nitrogens with zero attached hydrogens (tertiary/aromatic N) is 1. The van der Waals surface area contributed by atoms with Gasteiger partial charge in [-0.05, 0) is 11.6 Å². The van der Waals surface area contributed by atoms with E-state index in [1.165, 1.54) is 13.3 Å². The SMILES string of the molecule is COC(=O)C(O)Cc1cn(C(=O)O)c2ccccc12. The molecule has 2 aromatic rings. The molecule has 1 aromatic heterocycles. The van der Waals surface area contributed by atoms with Gasteiger partial charge < -0.3 is 14.9 Å². The first kappa shape index (κ1) is 13.1. The van der Waals surface area contributed by atoms with Crippen LogP contribution >= 0.6 is 0 Å². The molecule has 0 aliphatic carbocycles. The highest BCUT2D eigenvalue weighted by Gasteiger charge is 2.20. The van der Waals surface area contributed by atoms with E-state index in [1.54, 1.807) is 24.3 Å². The number of fused-ring (bicyclic) bond motifs is 1. The van der Waals surface area contributed by atoms with Crippen LogP contribution in [0.15, 0.2) is 30.5 Å². The predicted molar refractivity (Wildman–Crippen MR) is 67.1 cm³/mol. The molecule has 0 aliphatic heterocycles. The second-order valence-electron chi connectivity index (χ2n) is 4.07. The minimum atomic E-state index is -1.31. The van der Waals surface area contributed by atoms with Crippen molar-refractivity contribution in [1.82, 2.24) is 4.57 Å². The van der Waals surface area contributed by atoms with E-state index in [2.05, 4.69) is 4.74 Å². The van der Waals surface area contributed by atoms with Gasteiger partial charge in [0.05, 0.1) is 12.6 Å². The quantitative estimate of drug-likeness (QED) is 0.813. The summed E-state index contributed by atoms with van der Waals surface area (Å²) in [5, 5.41) is 19.4. The van der Waals surface area contributed by atoms with Crippen molar-refractivity contribution >= 4 is 23.0 Å². The smallest absolute Gasteiger partial charge is 0.416 e. The molecule has 2 rings (SSSR count). The zero-order valence-corrected chi connectivity index (χ0v) is 10.2. The van der Waals surface area contributed by atoms with Crippen molar-refractivity contribution in [3.8, 4) is 0 Å². The molecule has 0 amide bonds. The molecular weight excluding hydrogens is 250 g/mol. The van der Waals surface area contributed by atoms with E-state index in [0.717, 1.165) is 4.57 Å². The Bertz CT molecular complexity index is 631. The lowest BCUT2D eigenvalue weighted by Crippen LogP contribution is -2.24. The Morgan fingerprint density at radius 3 is 2.68 bits per heavy atom. The standard InChI is InChI=1S/C13H13NO5/c1-19-12(16)11(15)6-8-7-14(13(17)18)10-5-3-2-4-9(8)10/h2-5,7,11,15H,6H2,1H3,(H,17,18). The number of rotatable bonds is 3. The van der Waals surface area contributed by atoms with Crippen molar-refractivity contribution in [3.05, 3.63) is 36.0 Å². The number of hydrogen-bond donors (Lipinski definition) is 2. The highest BCUT2D eigenvalue weighted by molar-refractivity contribution is 5.91. The van der Waals surface area contributed by atoms with Crippen molar-refractivity contribution in [2.75, 3.05) is 7.11 Å². The van der Waals surface area contributed by atoms with E-state index in [1.807, 2.05) is 0 Å². The number of esters is 1. The first-order chi connectivity index (χ1) is 9.04. The van der Waals surface area contributed by atoms with Crippen LogP contribution in [0.5, 0.6) is 0 Å². The summed E-state index contributed by atoms with van der Waals surface area (Å²) in [6.45, 7) is 0. The van der Waals surface area contributed by atoms with Crippen LogP contribution in [0.3, 0.4) is 0 Å². The number of hydrogen-bond acceptors (Lipinski definition) is 4. The molecule has 1 aromatic carbocycles. The zero-order valence-electron chi connectivity index (χ0n) is 10.2. The number of carboxylic acid groups (broad SMARTS) is 1. The monoisotopic (exact) mass is 263 g/mol. The maximum absolute atomic E-state index is 11.2. The van der Waals surface area contributed by atoms with Crippen LogP contribution in [0.4, 0.5) is 4.79 Å². The maximum atomic E-state index is 11.2. The fraction of sp³-hybridized carbons (Fsp3) is 0.231. The number of methoxy groups -OCH3 is 1. The number of carbonyl (C=O) groups is 2. The molecule has 100 valence electrons. The molecule has 0 saturated heterocycles. The number of aromatic nitrogens is 1. The van der Waals surface area contributed by atoms with E-state index in [0.29, 0.717) is 16.5 Å². The second-order valence-corrected chi connectivity index (χ2v) is 4.07. The second kappa shape index (κ2) is 5.11. The molecule has 6 heteroatoms. The van der Waals surface area contributed by atoms with E-state index in [4.69, 9.17) is 5.11 Å². The third-order valence-corrected chi connectivity index (χ3v) is 2.89. The maximum Gasteiger partial charge on any atom is 0.416 e. The van der Waals surface area contributed by atoms with Crippen LogP contribution in [0.2, 0.25) is 0 Å². The Kier molecular flexibility index (Phi) is 3.52. The molecular formula is C13H13NO5. The molecule has 0 bridgehead atoms. The van der Waals surface area contributed by atoms with Gasteiger partial charge in [-0.1, -0.05) is 18.2 Å². The summed E-state index contributed by atoms with van der Waals surface area (Å²) in [4.78, 5) is 22.3. The summed E-state index contributed by atoms with van der Waals surface area (Å²) in [5.74, 6) is -0.743. The first-order valence-corrected chi connectivity index (χ1v) is 5.62. The third-order valence-electron chi connectivity index (χ3n) is 2.89. The Balaban J connectivity index is 2.44. The molecule has 19 heavy (non-hydrogen) atoms. The molecule has 1 heterocycles. The van der Waals surface area contributed by atoms with Gasteiger partial charge in [-0.2, -0.15) is 0 Å². The number of ether oxygens (including phenoxy) is 1. The van der Waals surface area contributed by atoms with Gasteiger partial charge in [-0.25, -0.2) is 9.59 Å². The predicted octanol–water partition coefficient (Wildman–Crippen LogP) is 1.24. The molecule has 2 N–H and O–H groups in total. The molecule has 0 saturated carbocycles. The topological polar surface area (TPSA) is 88.8 Å². The minimum Gasteiger partial charge on any atom is -0.467 e. The van der Waals surface area contributed by atoms with Crippen molar-refractivity contribution in [2.24, 2.45) is 0 Å². The summed E-state index contributed by atoms with van der Waals surface area (Å²) in [5.41, 5.74) is 1.10. The van der Waals surface area contributed by atoms with E-state index in [9.17, 15) is 14.7 Å². The Hall–Kier alpha value is -2.34. The fourth-order valence-electron chi connectivity index (χ4n) is 2.00. The third kappa shape index (κ3) is 2.43. The largest absolute Gasteiger partial charge is 0.467 e. The minimum absolute atomic E-state index is 0.00741. The number of carbonyl (C=O) groups excluding carboxylic acids is 1. The van der Waals surface area contributed by atoms with Crippen LogP contribution in [-0.2, 0) is 16.0 Å². The van der Waals surface area contributed by atoms with Gasteiger partial charge in [0.1, 0.15) is 0 Å². The molecule has 0 radical (unpaired) electrons. The van der Waals surface area contributed by atoms with Gasteiger partial charge in [0.15, 0.2) is 6.10 Å². The van der Waals surface area contributed by atoms with Crippen molar-refractivity contribution in [3.63, 3.8) is 0 Å². The molecule has 0 aliphatic rings. The van der Waals surface area contributed by atoms with Gasteiger partial charge >= 0.3 is 12.1 Å². The molecule has 0 fully saturated rings. The summed E-state index contributed by atoms with van der Waals surface area (Å²) < 4.78 is 5.50. The van der Waals surface area contributed by atoms with Gasteiger partial charge in [0, 0.05) is 18.0 Å². The lowest BCUT2D eigenvalue weighted by Gasteiger charge is -2.06. The number of para-hydroxylation sites is 1. The van der Waals surface area contributed by atoms with Crippen molar-refractivity contribution in [2.45, 2.75) is 12.5 Å². The fourth-order valence-corrected chi connectivity index (χ4v) is 2.00. The van der Waals surface area contributed by atoms with E-state index < -0.39 is 18.2 Å². The molecule has 1 atom stereocenters. The van der Waals surface area contributed by atoms with Crippen LogP contribution in [-0.4, -0.2) is 40.1 Å². The van der Waals surface area contributed by atoms with E-state index in [-0.39, 0.29) is 6.42 Å². The lowest BCUT2D eigenvalue weighted by atomic mass is 10.1. The summed E-state index contributed by atoms with van der Waals surface area (Å²) in [6, 6.07) is 6.90. The molecule has 0 spiro atoms. The molecule has 1 unspecified atom stereocenters. The average molecular weight is 263 g/mol. The van der Waals surface area contributed by atoms with Crippen molar-refractivity contribution < 1.29 is 24.5 Å². The lowest BCUT2D eigenvalue weighted by molar-refractivity contribution is -0.150. The number of benzene rings is 1. The van der Waals surface area contributed by atoms with E-state index >= 15 is 0 Å². The zero-order chi connectivity index (χ0) is 14.0. The Morgan fingerprint density at radius 2 is 2.05 bits per heavy atom. The number of aliphatic hydroxyl groups excluding tert-OH is 1. The van der Waals surface area contributed by atoms with Crippen LogP contribution < -0.4 is 0 Å². The van der Waals surface area contributed by atoms with Crippen LogP contribution in [0.25, 0.3) is 10.9 Å². The number of aliphatic hydroxyl groups is 1. The average Bonchev–Trinajstić information content (AvgIpc) is 2.77. The Morgan fingerprint density at radius 1 is 1.37 bits per heavy atom. The highest BCUT2D eigenvalue weighted by atomic mass is 16.5. The molecule has 6 nitrogen and oxygen atoms in total. The van der Waals surface area contributed by atoms with Gasteiger partial charge in [0.2, 0.25) is 0 Å². The van der Waals surface area contributed by atoms with Gasteiger partial charge in [-0.15, -0.1) is 0 Å².